The number of hydrogen-bond donors (Lipinski definition) is 0. The van der Waals surface area contributed by atoms with Crippen molar-refractivity contribution in [3.63, 3.8) is 0 Å². The van der Waals surface area contributed by atoms with Crippen LogP contribution >= 0.6 is 0 Å². The molecule has 0 spiro atoms. The first kappa shape index (κ1) is 12.2. The SMILES string of the molecule is Cc1ccnc(N(C)Cc2ccoc2C)c1C#N. The smallest absolute Gasteiger partial charge is 0.146 e. The molecule has 0 unspecified atom stereocenters. The van der Waals surface area contributed by atoms with Gasteiger partial charge in [-0.25, -0.2) is 4.98 Å². The maximum absolute atomic E-state index is 9.19. The molecule has 0 aliphatic carbocycles. The van der Waals surface area contributed by atoms with E-state index in [4.69, 9.17) is 4.42 Å². The fourth-order valence-corrected chi connectivity index (χ4v) is 1.88. The summed E-state index contributed by atoms with van der Waals surface area (Å²) in [5, 5.41) is 9.19. The first-order valence-corrected chi connectivity index (χ1v) is 5.73. The Kier molecular flexibility index (Phi) is 3.33. The molecule has 0 aliphatic rings. The molecule has 2 rings (SSSR count). The maximum atomic E-state index is 9.19. The number of nitrogens with zero attached hydrogens (tertiary/aromatic N) is 3. The molecule has 0 fully saturated rings. The van der Waals surface area contributed by atoms with Gasteiger partial charge >= 0.3 is 0 Å². The summed E-state index contributed by atoms with van der Waals surface area (Å²) in [6, 6.07) is 6.00. The topological polar surface area (TPSA) is 53.1 Å². The van der Waals surface area contributed by atoms with Crippen LogP contribution in [-0.4, -0.2) is 12.0 Å². The Labute approximate surface area is 106 Å². The van der Waals surface area contributed by atoms with E-state index in [9.17, 15) is 5.26 Å². The predicted octanol–water partition coefficient (Wildman–Crippen LogP) is 2.80. The van der Waals surface area contributed by atoms with Crippen molar-refractivity contribution in [2.45, 2.75) is 20.4 Å². The lowest BCUT2D eigenvalue weighted by molar-refractivity contribution is 0.529. The van der Waals surface area contributed by atoms with Crippen molar-refractivity contribution in [1.82, 2.24) is 4.98 Å². The lowest BCUT2D eigenvalue weighted by atomic mass is 10.1. The second kappa shape index (κ2) is 4.92. The van der Waals surface area contributed by atoms with Crippen molar-refractivity contribution in [3.8, 4) is 6.07 Å². The average Bonchev–Trinajstić information content (AvgIpc) is 2.74. The van der Waals surface area contributed by atoms with Gasteiger partial charge in [0, 0.05) is 25.4 Å². The Morgan fingerprint density at radius 1 is 1.39 bits per heavy atom. The molecule has 0 bridgehead atoms. The summed E-state index contributed by atoms with van der Waals surface area (Å²) >= 11 is 0. The molecule has 92 valence electrons. The molecule has 0 radical (unpaired) electrons. The summed E-state index contributed by atoms with van der Waals surface area (Å²) in [7, 11) is 1.93. The maximum Gasteiger partial charge on any atom is 0.146 e. The van der Waals surface area contributed by atoms with Crippen LogP contribution in [-0.2, 0) is 6.54 Å². The van der Waals surface area contributed by atoms with Crippen LogP contribution in [0.15, 0.2) is 29.0 Å². The molecule has 4 heteroatoms. The Hall–Kier alpha value is -2.28. The number of anilines is 1. The number of nitriles is 1. The summed E-state index contributed by atoms with van der Waals surface area (Å²) in [6.07, 6.45) is 3.40. The molecule has 2 aromatic heterocycles. The fourth-order valence-electron chi connectivity index (χ4n) is 1.88. The molecule has 2 aromatic rings. The predicted molar refractivity (Wildman–Crippen MR) is 69.2 cm³/mol. The Morgan fingerprint density at radius 3 is 2.78 bits per heavy atom. The fraction of sp³-hybridized carbons (Fsp3) is 0.286. The van der Waals surface area contributed by atoms with E-state index in [-0.39, 0.29) is 0 Å². The third kappa shape index (κ3) is 2.21. The van der Waals surface area contributed by atoms with E-state index in [1.165, 1.54) is 0 Å². The Bertz CT molecular complexity index is 595. The number of hydrogen-bond acceptors (Lipinski definition) is 4. The first-order chi connectivity index (χ1) is 8.63. The normalized spacial score (nSPS) is 10.1. The molecular formula is C14H15N3O. The molecule has 2 heterocycles. The van der Waals surface area contributed by atoms with Crippen molar-refractivity contribution in [1.29, 1.82) is 5.26 Å². The summed E-state index contributed by atoms with van der Waals surface area (Å²) in [4.78, 5) is 6.26. The summed E-state index contributed by atoms with van der Waals surface area (Å²) < 4.78 is 5.27. The van der Waals surface area contributed by atoms with Crippen LogP contribution in [0.1, 0.15) is 22.5 Å². The molecule has 18 heavy (non-hydrogen) atoms. The van der Waals surface area contributed by atoms with Gasteiger partial charge in [0.15, 0.2) is 0 Å². The molecule has 0 saturated carbocycles. The van der Waals surface area contributed by atoms with Gasteiger partial charge in [0.1, 0.15) is 17.6 Å². The van der Waals surface area contributed by atoms with Crippen molar-refractivity contribution in [2.24, 2.45) is 0 Å². The minimum Gasteiger partial charge on any atom is -0.469 e. The van der Waals surface area contributed by atoms with E-state index in [1.807, 2.05) is 37.9 Å². The molecular weight excluding hydrogens is 226 g/mol. The van der Waals surface area contributed by atoms with Crippen molar-refractivity contribution < 1.29 is 4.42 Å². The second-order valence-electron chi connectivity index (χ2n) is 4.30. The van der Waals surface area contributed by atoms with Crippen LogP contribution < -0.4 is 4.90 Å². The van der Waals surface area contributed by atoms with Crippen LogP contribution in [0.25, 0.3) is 0 Å². The Morgan fingerprint density at radius 2 is 2.17 bits per heavy atom. The van der Waals surface area contributed by atoms with E-state index in [0.29, 0.717) is 17.9 Å². The second-order valence-corrected chi connectivity index (χ2v) is 4.30. The molecule has 0 atom stereocenters. The summed E-state index contributed by atoms with van der Waals surface area (Å²) in [5.41, 5.74) is 2.67. The first-order valence-electron chi connectivity index (χ1n) is 5.73. The molecule has 0 aliphatic heterocycles. The monoisotopic (exact) mass is 241 g/mol. The van der Waals surface area contributed by atoms with E-state index >= 15 is 0 Å². The van der Waals surface area contributed by atoms with Gasteiger partial charge in [-0.3, -0.25) is 0 Å². The Balaban J connectivity index is 2.30. The third-order valence-electron chi connectivity index (χ3n) is 2.99. The highest BCUT2D eigenvalue weighted by atomic mass is 16.3. The van der Waals surface area contributed by atoms with Gasteiger partial charge in [-0.05, 0) is 31.5 Å². The standard InChI is InChI=1S/C14H15N3O/c1-10-4-6-16-14(13(10)8-15)17(3)9-12-5-7-18-11(12)2/h4-7H,9H2,1-3H3. The molecule has 0 aromatic carbocycles. The van der Waals surface area contributed by atoms with Gasteiger partial charge in [0.25, 0.3) is 0 Å². The number of furan rings is 1. The lowest BCUT2D eigenvalue weighted by Crippen LogP contribution is -2.19. The highest BCUT2D eigenvalue weighted by Gasteiger charge is 2.13. The van der Waals surface area contributed by atoms with Crippen LogP contribution in [0.2, 0.25) is 0 Å². The number of aryl methyl sites for hydroxylation is 2. The van der Waals surface area contributed by atoms with Crippen LogP contribution in [0.3, 0.4) is 0 Å². The molecule has 0 saturated heterocycles. The van der Waals surface area contributed by atoms with Gasteiger partial charge in [-0.15, -0.1) is 0 Å². The largest absolute Gasteiger partial charge is 0.469 e. The van der Waals surface area contributed by atoms with E-state index < -0.39 is 0 Å². The van der Waals surface area contributed by atoms with E-state index in [1.54, 1.807) is 12.5 Å². The van der Waals surface area contributed by atoms with Crippen LogP contribution in [0.5, 0.6) is 0 Å². The molecule has 0 amide bonds. The van der Waals surface area contributed by atoms with Gasteiger partial charge in [0.05, 0.1) is 11.8 Å². The molecule has 4 nitrogen and oxygen atoms in total. The van der Waals surface area contributed by atoms with Crippen molar-refractivity contribution >= 4 is 5.82 Å². The third-order valence-corrected chi connectivity index (χ3v) is 2.99. The van der Waals surface area contributed by atoms with Crippen LogP contribution in [0, 0.1) is 25.2 Å². The number of aromatic nitrogens is 1. The number of pyridine rings is 1. The van der Waals surface area contributed by atoms with Gasteiger partial charge < -0.3 is 9.32 Å². The van der Waals surface area contributed by atoms with Gasteiger partial charge in [0.2, 0.25) is 0 Å². The van der Waals surface area contributed by atoms with E-state index in [2.05, 4.69) is 11.1 Å². The highest BCUT2D eigenvalue weighted by molar-refractivity contribution is 5.56. The minimum absolute atomic E-state index is 0.626. The zero-order valence-electron chi connectivity index (χ0n) is 10.8. The van der Waals surface area contributed by atoms with Crippen LogP contribution in [0.4, 0.5) is 5.82 Å². The average molecular weight is 241 g/mol. The molecule has 0 N–H and O–H groups in total. The zero-order chi connectivity index (χ0) is 13.1. The minimum atomic E-state index is 0.626. The van der Waals surface area contributed by atoms with Gasteiger partial charge in [-0.2, -0.15) is 5.26 Å². The summed E-state index contributed by atoms with van der Waals surface area (Å²) in [5.74, 6) is 1.60. The number of rotatable bonds is 3. The van der Waals surface area contributed by atoms with Crippen molar-refractivity contribution in [3.05, 3.63) is 47.0 Å². The van der Waals surface area contributed by atoms with E-state index in [0.717, 1.165) is 16.9 Å². The lowest BCUT2D eigenvalue weighted by Gasteiger charge is -2.19. The quantitative estimate of drug-likeness (QED) is 0.829. The van der Waals surface area contributed by atoms with Gasteiger partial charge in [-0.1, -0.05) is 0 Å². The summed E-state index contributed by atoms with van der Waals surface area (Å²) in [6.45, 7) is 4.52. The van der Waals surface area contributed by atoms with Crippen molar-refractivity contribution in [2.75, 3.05) is 11.9 Å². The highest BCUT2D eigenvalue weighted by Crippen LogP contribution is 2.21. The zero-order valence-corrected chi connectivity index (χ0v) is 10.8.